The van der Waals surface area contributed by atoms with Gasteiger partial charge in [-0.1, -0.05) is 48.9 Å². The van der Waals surface area contributed by atoms with Crippen molar-refractivity contribution in [3.05, 3.63) is 76.5 Å². The molecule has 3 heteroatoms. The molecule has 5 rings (SSSR count). The molecule has 138 valence electrons. The molecule has 3 unspecified atom stereocenters. The van der Waals surface area contributed by atoms with E-state index >= 15 is 0 Å². The van der Waals surface area contributed by atoms with Crippen molar-refractivity contribution < 1.29 is 0 Å². The first-order valence-corrected chi connectivity index (χ1v) is 10.1. The van der Waals surface area contributed by atoms with Gasteiger partial charge >= 0.3 is 0 Å². The van der Waals surface area contributed by atoms with Gasteiger partial charge in [0.15, 0.2) is 0 Å². The fourth-order valence-electron chi connectivity index (χ4n) is 5.36. The predicted molar refractivity (Wildman–Crippen MR) is 113 cm³/mol. The topological polar surface area (TPSA) is 41.6 Å². The molecule has 3 atom stereocenters. The highest BCUT2D eigenvalue weighted by Crippen LogP contribution is 2.44. The van der Waals surface area contributed by atoms with Gasteiger partial charge in [-0.2, -0.15) is 0 Å². The number of allylic oxidation sites excluding steroid dienone is 7. The Morgan fingerprint density at radius 3 is 3.04 bits per heavy atom. The monoisotopic (exact) mass is 357 g/mol. The van der Waals surface area contributed by atoms with Gasteiger partial charge in [0.25, 0.3) is 0 Å². The first-order chi connectivity index (χ1) is 13.1. The summed E-state index contributed by atoms with van der Waals surface area (Å²) >= 11 is 0. The highest BCUT2D eigenvalue weighted by Gasteiger charge is 2.34. The largest absolute Gasteiger partial charge is 0.369 e. The summed E-state index contributed by atoms with van der Waals surface area (Å²) in [4.78, 5) is 7.16. The lowest BCUT2D eigenvalue weighted by Crippen LogP contribution is -2.36. The van der Waals surface area contributed by atoms with Gasteiger partial charge in [-0.05, 0) is 60.9 Å². The van der Waals surface area contributed by atoms with E-state index in [9.17, 15) is 0 Å². The molecule has 0 saturated heterocycles. The smallest absolute Gasteiger partial charge is 0.201 e. The molecule has 1 aromatic carbocycles. The minimum atomic E-state index is 0.416. The summed E-state index contributed by atoms with van der Waals surface area (Å²) in [6.07, 6.45) is 14.7. The lowest BCUT2D eigenvalue weighted by molar-refractivity contribution is 0.548. The second kappa shape index (κ2) is 6.26. The molecule has 27 heavy (non-hydrogen) atoms. The lowest BCUT2D eigenvalue weighted by atomic mass is 9.75. The van der Waals surface area contributed by atoms with Crippen LogP contribution in [-0.2, 0) is 6.42 Å². The number of hydrogen-bond acceptors (Lipinski definition) is 1. The number of aryl methyl sites for hydroxylation is 1. The highest BCUT2D eigenvalue weighted by molar-refractivity contribution is 5.98. The third kappa shape index (κ3) is 2.60. The van der Waals surface area contributed by atoms with Gasteiger partial charge in [-0.3, -0.25) is 0 Å². The second-order valence-electron chi connectivity index (χ2n) is 8.33. The fourth-order valence-corrected chi connectivity index (χ4v) is 5.36. The zero-order chi connectivity index (χ0) is 18.5. The Kier molecular flexibility index (Phi) is 3.85. The summed E-state index contributed by atoms with van der Waals surface area (Å²) in [7, 11) is 0. The van der Waals surface area contributed by atoms with E-state index in [4.69, 9.17) is 10.7 Å². The SMILES string of the molecule is CC1=CC=CC2=C(N=C(N)N3CC4CCCc5cccc3c54)C=CC(C)C12. The maximum absolute atomic E-state index is 6.57. The van der Waals surface area contributed by atoms with Crippen molar-refractivity contribution in [3.63, 3.8) is 0 Å². The Labute approximate surface area is 161 Å². The number of hydrogen-bond donors (Lipinski definition) is 1. The number of guanidine groups is 1. The van der Waals surface area contributed by atoms with Crippen molar-refractivity contribution in [1.29, 1.82) is 0 Å². The van der Waals surface area contributed by atoms with Crippen molar-refractivity contribution in [2.75, 3.05) is 11.4 Å². The molecule has 3 aliphatic carbocycles. The molecule has 0 saturated carbocycles. The van der Waals surface area contributed by atoms with E-state index in [-0.39, 0.29) is 0 Å². The van der Waals surface area contributed by atoms with Crippen LogP contribution in [-0.4, -0.2) is 12.5 Å². The molecule has 1 heterocycles. The molecule has 2 N–H and O–H groups in total. The summed E-state index contributed by atoms with van der Waals surface area (Å²) in [6, 6.07) is 6.66. The fraction of sp³-hybridized carbons (Fsp3) is 0.375. The third-order valence-corrected chi connectivity index (χ3v) is 6.63. The molecular formula is C24H27N3. The Morgan fingerprint density at radius 1 is 1.26 bits per heavy atom. The molecule has 3 nitrogen and oxygen atoms in total. The third-order valence-electron chi connectivity index (χ3n) is 6.63. The molecule has 1 aliphatic heterocycles. The number of aliphatic imine (C=N–C) groups is 1. The highest BCUT2D eigenvalue weighted by atomic mass is 15.3. The molecule has 4 aliphatic rings. The van der Waals surface area contributed by atoms with Gasteiger partial charge in [0, 0.05) is 24.1 Å². The van der Waals surface area contributed by atoms with E-state index in [0.29, 0.717) is 23.7 Å². The van der Waals surface area contributed by atoms with Gasteiger partial charge < -0.3 is 10.6 Å². The Morgan fingerprint density at radius 2 is 2.15 bits per heavy atom. The van der Waals surface area contributed by atoms with E-state index in [2.05, 4.69) is 67.3 Å². The summed E-state index contributed by atoms with van der Waals surface area (Å²) in [5.74, 6) is 2.14. The summed E-state index contributed by atoms with van der Waals surface area (Å²) in [5, 5.41) is 0. The van der Waals surface area contributed by atoms with Crippen LogP contribution in [0.5, 0.6) is 0 Å². The molecule has 0 spiro atoms. The van der Waals surface area contributed by atoms with Crippen LogP contribution >= 0.6 is 0 Å². The number of nitrogens with zero attached hydrogens (tertiary/aromatic N) is 2. The average Bonchev–Trinajstić information content (AvgIpc) is 3.05. The van der Waals surface area contributed by atoms with Crippen LogP contribution in [0.4, 0.5) is 5.69 Å². The number of nitrogens with two attached hydrogens (primary N) is 1. The lowest BCUT2D eigenvalue weighted by Gasteiger charge is -2.30. The average molecular weight is 358 g/mol. The number of fused-ring (bicyclic) bond motifs is 1. The van der Waals surface area contributed by atoms with E-state index in [1.807, 2.05) is 0 Å². The number of rotatable bonds is 1. The maximum atomic E-state index is 6.57. The van der Waals surface area contributed by atoms with Crippen molar-refractivity contribution in [1.82, 2.24) is 0 Å². The zero-order valence-electron chi connectivity index (χ0n) is 16.2. The zero-order valence-corrected chi connectivity index (χ0v) is 16.2. The summed E-state index contributed by atoms with van der Waals surface area (Å²) in [5.41, 5.74) is 14.6. The Bertz CT molecular complexity index is 944. The second-order valence-corrected chi connectivity index (χ2v) is 8.33. The van der Waals surface area contributed by atoms with Crippen LogP contribution in [0.25, 0.3) is 0 Å². The normalized spacial score (nSPS) is 29.0. The molecule has 0 bridgehead atoms. The van der Waals surface area contributed by atoms with E-state index in [0.717, 1.165) is 12.2 Å². The number of anilines is 1. The van der Waals surface area contributed by atoms with Gasteiger partial charge in [-0.15, -0.1) is 0 Å². The first-order valence-electron chi connectivity index (χ1n) is 10.1. The molecule has 0 aromatic heterocycles. The summed E-state index contributed by atoms with van der Waals surface area (Å²) in [6.45, 7) is 5.45. The molecule has 0 amide bonds. The summed E-state index contributed by atoms with van der Waals surface area (Å²) < 4.78 is 0. The first kappa shape index (κ1) is 16.6. The van der Waals surface area contributed by atoms with E-state index in [1.165, 1.54) is 47.2 Å². The van der Waals surface area contributed by atoms with E-state index < -0.39 is 0 Å². The Balaban J connectivity index is 1.53. The molecule has 0 fully saturated rings. The van der Waals surface area contributed by atoms with Crippen molar-refractivity contribution in [3.8, 4) is 0 Å². The van der Waals surface area contributed by atoms with Gasteiger partial charge in [-0.25, -0.2) is 4.99 Å². The van der Waals surface area contributed by atoms with Gasteiger partial charge in [0.1, 0.15) is 0 Å². The van der Waals surface area contributed by atoms with Crippen LogP contribution in [0.15, 0.2) is 70.4 Å². The molecular weight excluding hydrogens is 330 g/mol. The van der Waals surface area contributed by atoms with Crippen LogP contribution in [0, 0.1) is 11.8 Å². The van der Waals surface area contributed by atoms with Gasteiger partial charge in [0.2, 0.25) is 5.96 Å². The predicted octanol–water partition coefficient (Wildman–Crippen LogP) is 4.83. The maximum Gasteiger partial charge on any atom is 0.201 e. The van der Waals surface area contributed by atoms with Crippen LogP contribution < -0.4 is 10.6 Å². The minimum absolute atomic E-state index is 0.416. The number of benzene rings is 1. The van der Waals surface area contributed by atoms with E-state index in [1.54, 1.807) is 0 Å². The van der Waals surface area contributed by atoms with Gasteiger partial charge in [0.05, 0.1) is 5.70 Å². The van der Waals surface area contributed by atoms with Crippen LogP contribution in [0.1, 0.15) is 43.7 Å². The Hall–Kier alpha value is -2.55. The standard InChI is InChI=1S/C24H27N3/c1-15-6-3-10-19-20(13-12-16(2)22(15)19)26-24(25)27-14-18-9-4-7-17-8-5-11-21(27)23(17)18/h3,5-6,8,10-13,16,18,22H,4,7,9,14H2,1-2H3,(H2,25,26). The van der Waals surface area contributed by atoms with Crippen molar-refractivity contribution in [2.45, 2.75) is 39.0 Å². The van der Waals surface area contributed by atoms with Crippen LogP contribution in [0.3, 0.4) is 0 Å². The minimum Gasteiger partial charge on any atom is -0.369 e. The quantitative estimate of drug-likeness (QED) is 0.577. The molecule has 0 radical (unpaired) electrons. The molecule has 1 aromatic rings. The van der Waals surface area contributed by atoms with Crippen LogP contribution in [0.2, 0.25) is 0 Å². The van der Waals surface area contributed by atoms with Crippen molar-refractivity contribution >= 4 is 11.6 Å². The van der Waals surface area contributed by atoms with Crippen molar-refractivity contribution in [2.24, 2.45) is 22.6 Å².